The molecule has 1 aromatic rings. The predicted molar refractivity (Wildman–Crippen MR) is 80.1 cm³/mol. The van der Waals surface area contributed by atoms with Gasteiger partial charge in [-0.2, -0.15) is 13.2 Å². The lowest BCUT2D eigenvalue weighted by Gasteiger charge is -2.37. The molecule has 2 rings (SSSR count). The molecular weight excluding hydrogens is 309 g/mol. The van der Waals surface area contributed by atoms with E-state index in [1.165, 1.54) is 12.1 Å². The molecule has 0 bridgehead atoms. The highest BCUT2D eigenvalue weighted by Crippen LogP contribution is 2.29. The van der Waals surface area contributed by atoms with Crippen molar-refractivity contribution < 1.29 is 23.1 Å². The summed E-state index contributed by atoms with van der Waals surface area (Å²) in [6, 6.07) is 4.29. The zero-order valence-corrected chi connectivity index (χ0v) is 13.2. The zero-order chi connectivity index (χ0) is 17.3. The summed E-state index contributed by atoms with van der Waals surface area (Å²) in [6.07, 6.45) is -4.40. The Morgan fingerprint density at radius 1 is 1.09 bits per heavy atom. The van der Waals surface area contributed by atoms with E-state index in [2.05, 4.69) is 4.90 Å². The molecule has 4 nitrogen and oxygen atoms in total. The van der Waals surface area contributed by atoms with E-state index < -0.39 is 17.3 Å². The average molecular weight is 330 g/mol. The molecule has 1 saturated heterocycles. The number of hydrogen-bond acceptors (Lipinski definition) is 3. The highest BCUT2D eigenvalue weighted by Gasteiger charge is 2.31. The summed E-state index contributed by atoms with van der Waals surface area (Å²) in [5.74, 6) is -0.262. The maximum absolute atomic E-state index is 12.5. The summed E-state index contributed by atoms with van der Waals surface area (Å²) in [4.78, 5) is 16.0. The first-order chi connectivity index (χ1) is 10.6. The number of alkyl halides is 3. The van der Waals surface area contributed by atoms with Crippen molar-refractivity contribution in [2.45, 2.75) is 25.6 Å². The van der Waals surface area contributed by atoms with Gasteiger partial charge in [-0.15, -0.1) is 0 Å². The van der Waals surface area contributed by atoms with E-state index in [1.54, 1.807) is 18.7 Å². The van der Waals surface area contributed by atoms with E-state index >= 15 is 0 Å². The van der Waals surface area contributed by atoms with E-state index in [0.717, 1.165) is 12.1 Å². The lowest BCUT2D eigenvalue weighted by atomic mass is 10.1. The van der Waals surface area contributed by atoms with Crippen molar-refractivity contribution in [3.63, 3.8) is 0 Å². The molecule has 0 saturated carbocycles. The SMILES string of the molecule is CC(C)(O)CN1CCN(C(=O)c2ccc(C(F)(F)F)cc2)CC1. The second-order valence-electron chi connectivity index (χ2n) is 6.46. The van der Waals surface area contributed by atoms with E-state index in [-0.39, 0.29) is 11.5 Å². The van der Waals surface area contributed by atoms with Crippen molar-refractivity contribution >= 4 is 5.91 Å². The van der Waals surface area contributed by atoms with Crippen LogP contribution in [0.15, 0.2) is 24.3 Å². The van der Waals surface area contributed by atoms with Crippen LogP contribution in [0.1, 0.15) is 29.8 Å². The van der Waals surface area contributed by atoms with Gasteiger partial charge in [0.2, 0.25) is 0 Å². The Labute approximate surface area is 133 Å². The fourth-order valence-corrected chi connectivity index (χ4v) is 2.64. The third-order valence-electron chi connectivity index (χ3n) is 3.73. The molecule has 128 valence electrons. The van der Waals surface area contributed by atoms with Gasteiger partial charge >= 0.3 is 6.18 Å². The number of benzene rings is 1. The van der Waals surface area contributed by atoms with Crippen LogP contribution in [0.3, 0.4) is 0 Å². The second-order valence-corrected chi connectivity index (χ2v) is 6.46. The van der Waals surface area contributed by atoms with Crippen LogP contribution in [0, 0.1) is 0 Å². The van der Waals surface area contributed by atoms with Crippen LogP contribution in [-0.2, 0) is 6.18 Å². The Morgan fingerprint density at radius 3 is 2.04 bits per heavy atom. The van der Waals surface area contributed by atoms with E-state index in [4.69, 9.17) is 0 Å². The number of amides is 1. The number of aliphatic hydroxyl groups is 1. The Morgan fingerprint density at radius 2 is 1.61 bits per heavy atom. The van der Waals surface area contributed by atoms with E-state index in [0.29, 0.717) is 32.7 Å². The fraction of sp³-hybridized carbons (Fsp3) is 0.562. The van der Waals surface area contributed by atoms with Gasteiger partial charge in [-0.05, 0) is 38.1 Å². The van der Waals surface area contributed by atoms with Crippen LogP contribution in [0.4, 0.5) is 13.2 Å². The van der Waals surface area contributed by atoms with Gasteiger partial charge in [0, 0.05) is 38.3 Å². The van der Waals surface area contributed by atoms with Crippen molar-refractivity contribution in [2.24, 2.45) is 0 Å². The maximum Gasteiger partial charge on any atom is 0.416 e. The summed E-state index contributed by atoms with van der Waals surface area (Å²) >= 11 is 0. The second kappa shape index (κ2) is 6.49. The molecule has 1 aliphatic heterocycles. The molecule has 0 aliphatic carbocycles. The van der Waals surface area contributed by atoms with Gasteiger partial charge < -0.3 is 10.0 Å². The number of piperazine rings is 1. The summed E-state index contributed by atoms with van der Waals surface area (Å²) in [5, 5.41) is 9.80. The molecule has 0 spiro atoms. The van der Waals surface area contributed by atoms with Gasteiger partial charge in [-0.25, -0.2) is 0 Å². The first-order valence-electron chi connectivity index (χ1n) is 7.47. The number of β-amino-alcohol motifs (C(OH)–C–C–N with tert-alkyl or cyclic N) is 1. The smallest absolute Gasteiger partial charge is 0.389 e. The van der Waals surface area contributed by atoms with Crippen molar-refractivity contribution in [3.05, 3.63) is 35.4 Å². The lowest BCUT2D eigenvalue weighted by molar-refractivity contribution is -0.137. The molecule has 0 atom stereocenters. The molecule has 1 N–H and O–H groups in total. The Hall–Kier alpha value is -1.60. The number of halogens is 3. The number of nitrogens with zero attached hydrogens (tertiary/aromatic N) is 2. The number of hydrogen-bond donors (Lipinski definition) is 1. The highest BCUT2D eigenvalue weighted by molar-refractivity contribution is 5.94. The van der Waals surface area contributed by atoms with Gasteiger partial charge in [0.15, 0.2) is 0 Å². The van der Waals surface area contributed by atoms with Crippen LogP contribution >= 0.6 is 0 Å². The fourth-order valence-electron chi connectivity index (χ4n) is 2.64. The van der Waals surface area contributed by atoms with Gasteiger partial charge in [-0.3, -0.25) is 9.69 Å². The quantitative estimate of drug-likeness (QED) is 0.924. The molecule has 1 aromatic carbocycles. The maximum atomic E-state index is 12.5. The largest absolute Gasteiger partial charge is 0.416 e. The first kappa shape index (κ1) is 17.7. The molecule has 0 radical (unpaired) electrons. The van der Waals surface area contributed by atoms with Crippen LogP contribution in [-0.4, -0.2) is 59.1 Å². The van der Waals surface area contributed by atoms with Gasteiger partial charge in [0.1, 0.15) is 0 Å². The average Bonchev–Trinajstić information content (AvgIpc) is 2.45. The highest BCUT2D eigenvalue weighted by atomic mass is 19.4. The zero-order valence-electron chi connectivity index (χ0n) is 13.2. The van der Waals surface area contributed by atoms with E-state index in [9.17, 15) is 23.1 Å². The van der Waals surface area contributed by atoms with Gasteiger partial charge in [-0.1, -0.05) is 0 Å². The Kier molecular flexibility index (Phi) is 5.01. The van der Waals surface area contributed by atoms with Crippen LogP contribution in [0.5, 0.6) is 0 Å². The summed E-state index contributed by atoms with van der Waals surface area (Å²) in [5.41, 5.74) is -1.29. The van der Waals surface area contributed by atoms with Crippen molar-refractivity contribution in [3.8, 4) is 0 Å². The first-order valence-corrected chi connectivity index (χ1v) is 7.47. The van der Waals surface area contributed by atoms with Crippen molar-refractivity contribution in [1.29, 1.82) is 0 Å². The minimum Gasteiger partial charge on any atom is -0.389 e. The predicted octanol–water partition coefficient (Wildman–Crippen LogP) is 2.23. The molecule has 1 aliphatic rings. The number of carbonyl (C=O) groups is 1. The topological polar surface area (TPSA) is 43.8 Å². The summed E-state index contributed by atoms with van der Waals surface area (Å²) in [7, 11) is 0. The standard InChI is InChI=1S/C16H21F3N2O2/c1-15(2,23)11-20-7-9-21(10-8-20)14(22)12-3-5-13(6-4-12)16(17,18)19/h3-6,23H,7-11H2,1-2H3. The molecule has 23 heavy (non-hydrogen) atoms. The Bertz CT molecular complexity index is 542. The third-order valence-corrected chi connectivity index (χ3v) is 3.73. The van der Waals surface area contributed by atoms with Crippen molar-refractivity contribution in [1.82, 2.24) is 9.80 Å². The Balaban J connectivity index is 1.95. The number of carbonyl (C=O) groups excluding carboxylic acids is 1. The van der Waals surface area contributed by atoms with Crippen LogP contribution in [0.2, 0.25) is 0 Å². The molecular formula is C16H21F3N2O2. The minimum atomic E-state index is -4.40. The number of rotatable bonds is 3. The molecule has 1 fully saturated rings. The summed E-state index contributed by atoms with van der Waals surface area (Å²) in [6.45, 7) is 6.24. The third kappa shape index (κ3) is 4.94. The molecule has 0 unspecified atom stereocenters. The van der Waals surface area contributed by atoms with E-state index in [1.807, 2.05) is 0 Å². The molecule has 1 amide bonds. The van der Waals surface area contributed by atoms with Gasteiger partial charge in [0.05, 0.1) is 11.2 Å². The van der Waals surface area contributed by atoms with Crippen LogP contribution < -0.4 is 0 Å². The summed E-state index contributed by atoms with van der Waals surface area (Å²) < 4.78 is 37.6. The normalized spacial score (nSPS) is 17.4. The van der Waals surface area contributed by atoms with Gasteiger partial charge in [0.25, 0.3) is 5.91 Å². The monoisotopic (exact) mass is 330 g/mol. The minimum absolute atomic E-state index is 0.258. The van der Waals surface area contributed by atoms with Crippen LogP contribution in [0.25, 0.3) is 0 Å². The lowest BCUT2D eigenvalue weighted by Crippen LogP contribution is -2.52. The molecule has 0 aromatic heterocycles. The molecule has 7 heteroatoms. The van der Waals surface area contributed by atoms with Crippen molar-refractivity contribution in [2.75, 3.05) is 32.7 Å². The molecule has 1 heterocycles.